The Labute approximate surface area is 215 Å². The molecule has 2 atom stereocenters. The van der Waals surface area contributed by atoms with Gasteiger partial charge >= 0.3 is 5.97 Å². The van der Waals surface area contributed by atoms with E-state index >= 15 is 0 Å². The number of rotatable bonds is 5. The number of cyclic esters (lactones) is 1. The molecule has 3 aromatic carbocycles. The quantitative estimate of drug-likeness (QED) is 0.457. The van der Waals surface area contributed by atoms with Crippen LogP contribution in [0.2, 0.25) is 0 Å². The van der Waals surface area contributed by atoms with Crippen LogP contribution in [0.5, 0.6) is 28.7 Å². The average Bonchev–Trinajstić information content (AvgIpc) is 3.52. The van der Waals surface area contributed by atoms with Gasteiger partial charge in [-0.2, -0.15) is 0 Å². The van der Waals surface area contributed by atoms with Gasteiger partial charge in [0.1, 0.15) is 11.7 Å². The number of methoxy groups -OCH3 is 3. The smallest absolute Gasteiger partial charge is 0.343 e. The summed E-state index contributed by atoms with van der Waals surface area (Å²) in [5.74, 6) is 2.31. The van der Waals surface area contributed by atoms with Crippen molar-refractivity contribution < 1.29 is 33.2 Å². The van der Waals surface area contributed by atoms with Crippen LogP contribution in [0, 0.1) is 6.92 Å². The molecule has 0 spiro atoms. The van der Waals surface area contributed by atoms with E-state index in [1.807, 2.05) is 19.2 Å². The number of esters is 1. The number of fused-ring (bicyclic) bond motifs is 3. The maximum absolute atomic E-state index is 13.2. The molecule has 3 aliphatic heterocycles. The van der Waals surface area contributed by atoms with Crippen molar-refractivity contribution in [2.24, 2.45) is 0 Å². The minimum Gasteiger partial charge on any atom is -0.493 e. The Bertz CT molecular complexity index is 1400. The van der Waals surface area contributed by atoms with Crippen LogP contribution in [-0.2, 0) is 11.2 Å². The Kier molecular flexibility index (Phi) is 5.64. The zero-order valence-corrected chi connectivity index (χ0v) is 21.5. The van der Waals surface area contributed by atoms with E-state index in [0.717, 1.165) is 40.8 Å². The summed E-state index contributed by atoms with van der Waals surface area (Å²) >= 11 is 0. The van der Waals surface area contributed by atoms with E-state index in [1.165, 1.54) is 12.7 Å². The summed E-state index contributed by atoms with van der Waals surface area (Å²) in [5.41, 5.74) is 6.42. The van der Waals surface area contributed by atoms with Gasteiger partial charge in [0.05, 0.1) is 27.4 Å². The van der Waals surface area contributed by atoms with Gasteiger partial charge in [0, 0.05) is 23.2 Å². The van der Waals surface area contributed by atoms with Crippen LogP contribution in [0.15, 0.2) is 36.4 Å². The Morgan fingerprint density at radius 2 is 1.62 bits per heavy atom. The highest BCUT2D eigenvalue weighted by Gasteiger charge is 2.47. The van der Waals surface area contributed by atoms with Gasteiger partial charge in [-0.25, -0.2) is 4.79 Å². The second kappa shape index (κ2) is 8.88. The Morgan fingerprint density at radius 1 is 0.892 bits per heavy atom. The molecule has 192 valence electrons. The second-order valence-corrected chi connectivity index (χ2v) is 9.50. The Hall–Kier alpha value is -3.91. The first-order chi connectivity index (χ1) is 18.0. The highest BCUT2D eigenvalue weighted by atomic mass is 16.7. The van der Waals surface area contributed by atoms with E-state index in [4.69, 9.17) is 28.4 Å². The summed E-state index contributed by atoms with van der Waals surface area (Å²) in [4.78, 5) is 15.4. The lowest BCUT2D eigenvalue weighted by Gasteiger charge is -2.39. The van der Waals surface area contributed by atoms with Crippen molar-refractivity contribution in [1.29, 1.82) is 0 Å². The Balaban J connectivity index is 1.59. The molecule has 0 aliphatic carbocycles. The van der Waals surface area contributed by atoms with Crippen LogP contribution in [0.25, 0.3) is 11.1 Å². The van der Waals surface area contributed by atoms with Gasteiger partial charge in [0.25, 0.3) is 0 Å². The van der Waals surface area contributed by atoms with Gasteiger partial charge in [-0.1, -0.05) is 35.9 Å². The van der Waals surface area contributed by atoms with Crippen molar-refractivity contribution in [1.82, 2.24) is 4.90 Å². The molecular weight excluding hydrogens is 474 g/mol. The maximum Gasteiger partial charge on any atom is 0.343 e. The van der Waals surface area contributed by atoms with Crippen molar-refractivity contribution in [3.63, 3.8) is 0 Å². The fourth-order valence-corrected chi connectivity index (χ4v) is 5.86. The fourth-order valence-electron chi connectivity index (χ4n) is 5.86. The molecule has 3 heterocycles. The lowest BCUT2D eigenvalue weighted by atomic mass is 9.81. The molecule has 0 aromatic heterocycles. The molecule has 0 unspecified atom stereocenters. The van der Waals surface area contributed by atoms with Crippen LogP contribution in [-0.4, -0.2) is 52.6 Å². The number of benzene rings is 3. The summed E-state index contributed by atoms with van der Waals surface area (Å²) in [5, 5.41) is 0. The summed E-state index contributed by atoms with van der Waals surface area (Å²) in [7, 11) is 6.75. The molecule has 0 fully saturated rings. The monoisotopic (exact) mass is 503 g/mol. The molecule has 0 saturated carbocycles. The first kappa shape index (κ1) is 23.5. The van der Waals surface area contributed by atoms with E-state index in [2.05, 4.69) is 36.1 Å². The van der Waals surface area contributed by atoms with Gasteiger partial charge in [0.2, 0.25) is 12.5 Å². The van der Waals surface area contributed by atoms with E-state index < -0.39 is 12.1 Å². The molecule has 0 saturated heterocycles. The lowest BCUT2D eigenvalue weighted by Crippen LogP contribution is -2.36. The first-order valence-corrected chi connectivity index (χ1v) is 12.2. The lowest BCUT2D eigenvalue weighted by molar-refractivity contribution is 0.00877. The minimum absolute atomic E-state index is 0.117. The van der Waals surface area contributed by atoms with Crippen LogP contribution < -0.4 is 23.7 Å². The maximum atomic E-state index is 13.2. The molecular formula is C29H29NO7. The molecule has 6 rings (SSSR count). The number of carbonyl (C=O) groups excluding carboxylic acids is 1. The molecule has 37 heavy (non-hydrogen) atoms. The molecule has 0 radical (unpaired) electrons. The molecule has 8 nitrogen and oxygen atoms in total. The molecule has 0 N–H and O–H groups in total. The average molecular weight is 504 g/mol. The number of aryl methyl sites for hydroxylation is 1. The van der Waals surface area contributed by atoms with Crippen LogP contribution in [0.1, 0.15) is 44.8 Å². The van der Waals surface area contributed by atoms with Crippen LogP contribution in [0.4, 0.5) is 0 Å². The van der Waals surface area contributed by atoms with Crippen molar-refractivity contribution in [3.05, 3.63) is 64.2 Å². The van der Waals surface area contributed by atoms with Crippen LogP contribution >= 0.6 is 0 Å². The van der Waals surface area contributed by atoms with E-state index in [9.17, 15) is 4.79 Å². The Morgan fingerprint density at radius 3 is 2.32 bits per heavy atom. The third-order valence-corrected chi connectivity index (χ3v) is 7.56. The van der Waals surface area contributed by atoms with Gasteiger partial charge in [-0.05, 0) is 37.6 Å². The number of carbonyl (C=O) groups is 1. The van der Waals surface area contributed by atoms with Gasteiger partial charge < -0.3 is 28.4 Å². The van der Waals surface area contributed by atoms with Gasteiger partial charge in [-0.15, -0.1) is 0 Å². The summed E-state index contributed by atoms with van der Waals surface area (Å²) in [6, 6.07) is 11.8. The number of hydrogen-bond donors (Lipinski definition) is 0. The molecule has 3 aliphatic rings. The number of nitrogens with zero attached hydrogens (tertiary/aromatic N) is 1. The van der Waals surface area contributed by atoms with Crippen molar-refractivity contribution >= 4 is 5.97 Å². The zero-order valence-electron chi connectivity index (χ0n) is 21.5. The van der Waals surface area contributed by atoms with Crippen molar-refractivity contribution in [2.75, 3.05) is 41.7 Å². The molecule has 8 heteroatoms. The molecule has 0 amide bonds. The summed E-state index contributed by atoms with van der Waals surface area (Å²) in [6.45, 7) is 2.94. The van der Waals surface area contributed by atoms with E-state index in [-0.39, 0.29) is 12.8 Å². The summed E-state index contributed by atoms with van der Waals surface area (Å²) < 4.78 is 35.0. The minimum atomic E-state index is -0.577. The second-order valence-electron chi connectivity index (χ2n) is 9.50. The fraction of sp³-hybridized carbons (Fsp3) is 0.345. The molecule has 0 bridgehead atoms. The number of hydrogen-bond acceptors (Lipinski definition) is 8. The number of likely N-dealkylation sites (N-methyl/N-ethyl adjacent to an activating group) is 1. The van der Waals surface area contributed by atoms with E-state index in [1.54, 1.807) is 14.2 Å². The van der Waals surface area contributed by atoms with E-state index in [0.29, 0.717) is 34.3 Å². The van der Waals surface area contributed by atoms with Crippen LogP contribution in [0.3, 0.4) is 0 Å². The molecule has 3 aromatic rings. The standard InChI is InChI=1S/C29H29NO7/c1-15-6-8-16(9-7-15)20-17-12-13-30(2)23(21(17)26(34-5)28-27(20)35-14-36-28)24-18-10-11-19(32-3)25(33-4)22(18)29(31)37-24/h6-11,23-24H,12-14H2,1-5H3/t23-,24+/m1/s1. The third-order valence-electron chi connectivity index (χ3n) is 7.56. The zero-order chi connectivity index (χ0) is 25.8. The predicted octanol–water partition coefficient (Wildman–Crippen LogP) is 4.86. The summed E-state index contributed by atoms with van der Waals surface area (Å²) in [6.07, 6.45) is 0.198. The topological polar surface area (TPSA) is 75.7 Å². The number of ether oxygens (including phenoxy) is 6. The highest BCUT2D eigenvalue weighted by Crippen LogP contribution is 2.58. The van der Waals surface area contributed by atoms with Crippen molar-refractivity contribution in [2.45, 2.75) is 25.5 Å². The third kappa shape index (κ3) is 3.43. The van der Waals surface area contributed by atoms with Gasteiger partial charge in [0.15, 0.2) is 23.0 Å². The SMILES string of the molecule is COc1ccc2c(c1OC)C(=O)O[C@@H]2[C@H]1c2c(c(-c3ccc(C)cc3)c3c(c2OC)OCO3)CCN1C. The largest absolute Gasteiger partial charge is 0.493 e. The predicted molar refractivity (Wildman–Crippen MR) is 136 cm³/mol. The van der Waals surface area contributed by atoms with Gasteiger partial charge in [-0.3, -0.25) is 4.90 Å². The first-order valence-electron chi connectivity index (χ1n) is 12.2. The highest BCUT2D eigenvalue weighted by molar-refractivity contribution is 5.98. The van der Waals surface area contributed by atoms with Crippen molar-refractivity contribution in [3.8, 4) is 39.9 Å². The normalized spacial score (nSPS) is 19.8.